The maximum Gasteiger partial charge on any atom is 0.235 e. The molecule has 2 heterocycles. The molecule has 0 amide bonds. The predicted molar refractivity (Wildman–Crippen MR) is 121 cm³/mol. The highest BCUT2D eigenvalue weighted by atomic mass is 32.1. The smallest absolute Gasteiger partial charge is 0.235 e. The number of hydrogen-bond donors (Lipinski definition) is 0. The van der Waals surface area contributed by atoms with E-state index in [1.54, 1.807) is 4.52 Å². The number of ether oxygens (including phenoxy) is 1. The monoisotopic (exact) mass is 410 g/mol. The van der Waals surface area contributed by atoms with Crippen LogP contribution in [-0.2, 0) is 0 Å². The van der Waals surface area contributed by atoms with E-state index in [1.165, 1.54) is 16.9 Å². The van der Waals surface area contributed by atoms with Crippen LogP contribution in [0.1, 0.15) is 16.1 Å². The Kier molecular flexibility index (Phi) is 4.83. The summed E-state index contributed by atoms with van der Waals surface area (Å²) < 4.78 is 7.67. The highest BCUT2D eigenvalue weighted by Gasteiger charge is 2.11. The molecule has 0 saturated carbocycles. The van der Waals surface area contributed by atoms with Crippen LogP contribution in [0, 0.1) is 6.92 Å². The van der Waals surface area contributed by atoms with Crippen molar-refractivity contribution in [2.75, 3.05) is 0 Å². The van der Waals surface area contributed by atoms with E-state index in [0.717, 1.165) is 38.4 Å². The van der Waals surface area contributed by atoms with Gasteiger partial charge in [0.2, 0.25) is 4.96 Å². The van der Waals surface area contributed by atoms with Gasteiger partial charge in [-0.3, -0.25) is 0 Å². The number of nitrogens with zero attached hydrogens (tertiary/aromatic N) is 4. The van der Waals surface area contributed by atoms with Crippen molar-refractivity contribution >= 4 is 28.4 Å². The van der Waals surface area contributed by atoms with Gasteiger partial charge >= 0.3 is 0 Å². The Bertz CT molecular complexity index is 1300. The van der Waals surface area contributed by atoms with Crippen molar-refractivity contribution in [2.45, 2.75) is 6.92 Å². The lowest BCUT2D eigenvalue weighted by Gasteiger charge is -2.06. The van der Waals surface area contributed by atoms with Crippen LogP contribution < -0.4 is 4.74 Å². The molecule has 3 aromatic carbocycles. The third-order valence-corrected chi connectivity index (χ3v) is 5.46. The number of benzene rings is 3. The van der Waals surface area contributed by atoms with Gasteiger partial charge in [-0.1, -0.05) is 77.6 Å². The molecule has 146 valence electrons. The van der Waals surface area contributed by atoms with Gasteiger partial charge in [-0.2, -0.15) is 9.61 Å². The molecule has 5 nitrogen and oxygen atoms in total. The molecule has 0 spiro atoms. The zero-order chi connectivity index (χ0) is 20.3. The van der Waals surface area contributed by atoms with Crippen molar-refractivity contribution in [3.8, 4) is 22.9 Å². The van der Waals surface area contributed by atoms with Gasteiger partial charge in [-0.25, -0.2) is 0 Å². The van der Waals surface area contributed by atoms with Gasteiger partial charge in [-0.15, -0.1) is 10.2 Å². The molecular formula is C24H18N4OS. The Balaban J connectivity index is 1.32. The molecule has 0 aliphatic heterocycles. The summed E-state index contributed by atoms with van der Waals surface area (Å²) in [6.07, 6.45) is 4.02. The van der Waals surface area contributed by atoms with Crippen LogP contribution in [0.2, 0.25) is 0 Å². The minimum absolute atomic E-state index is 0.749. The summed E-state index contributed by atoms with van der Waals surface area (Å²) in [6, 6.07) is 26.0. The number of fused-ring (bicyclic) bond motifs is 1. The molecule has 0 saturated heterocycles. The lowest BCUT2D eigenvalue weighted by Crippen LogP contribution is -1.90. The molecular weight excluding hydrogens is 392 g/mol. The van der Waals surface area contributed by atoms with E-state index in [1.807, 2.05) is 91.0 Å². The quantitative estimate of drug-likeness (QED) is 0.350. The third-order valence-electron chi connectivity index (χ3n) is 4.59. The SMILES string of the molecule is Cc1ccc(Oc2ccc(/C=C/c3nn4c(-c5ccccc5)nnc4s3)cc2)cc1. The van der Waals surface area contributed by atoms with Crippen LogP contribution >= 0.6 is 11.3 Å². The second-order valence-electron chi connectivity index (χ2n) is 6.84. The summed E-state index contributed by atoms with van der Waals surface area (Å²) in [5.41, 5.74) is 3.28. The van der Waals surface area contributed by atoms with Crippen LogP contribution in [0.5, 0.6) is 11.5 Å². The van der Waals surface area contributed by atoms with Crippen LogP contribution in [0.15, 0.2) is 78.9 Å². The summed E-state index contributed by atoms with van der Waals surface area (Å²) in [5.74, 6) is 2.39. The van der Waals surface area contributed by atoms with Gasteiger partial charge in [0.15, 0.2) is 5.82 Å². The standard InChI is InChI=1S/C24H18N4OS/c1-17-7-12-20(13-8-17)29-21-14-9-18(10-15-21)11-16-22-27-28-23(25-26-24(28)30-22)19-5-3-2-4-6-19/h2-16H,1H3/b16-11+. The minimum atomic E-state index is 0.749. The third kappa shape index (κ3) is 3.86. The molecule has 0 aliphatic carbocycles. The molecule has 0 atom stereocenters. The summed E-state index contributed by atoms with van der Waals surface area (Å²) >= 11 is 1.50. The fraction of sp³-hybridized carbons (Fsp3) is 0.0417. The van der Waals surface area contributed by atoms with E-state index in [9.17, 15) is 0 Å². The van der Waals surface area contributed by atoms with E-state index < -0.39 is 0 Å². The first-order valence-electron chi connectivity index (χ1n) is 9.55. The summed E-state index contributed by atoms with van der Waals surface area (Å²) in [4.78, 5) is 0.773. The van der Waals surface area contributed by atoms with Gasteiger partial charge in [0.1, 0.15) is 16.5 Å². The Morgan fingerprint density at radius 2 is 1.50 bits per heavy atom. The van der Waals surface area contributed by atoms with E-state index >= 15 is 0 Å². The zero-order valence-corrected chi connectivity index (χ0v) is 17.1. The average Bonchev–Trinajstić information content (AvgIpc) is 3.36. The molecule has 0 N–H and O–H groups in total. The second-order valence-corrected chi connectivity index (χ2v) is 7.83. The first-order valence-corrected chi connectivity index (χ1v) is 10.4. The van der Waals surface area contributed by atoms with E-state index in [0.29, 0.717) is 0 Å². The normalized spacial score (nSPS) is 11.4. The zero-order valence-electron chi connectivity index (χ0n) is 16.3. The Morgan fingerprint density at radius 1 is 0.800 bits per heavy atom. The average molecular weight is 411 g/mol. The fourth-order valence-corrected chi connectivity index (χ4v) is 3.76. The van der Waals surface area contributed by atoms with Crippen molar-refractivity contribution in [3.05, 3.63) is 95.0 Å². The van der Waals surface area contributed by atoms with Crippen LogP contribution in [0.25, 0.3) is 28.5 Å². The van der Waals surface area contributed by atoms with Gasteiger partial charge < -0.3 is 4.74 Å². The summed E-state index contributed by atoms with van der Waals surface area (Å²) in [7, 11) is 0. The largest absolute Gasteiger partial charge is 0.457 e. The lowest BCUT2D eigenvalue weighted by molar-refractivity contribution is 0.482. The molecule has 6 heteroatoms. The maximum atomic E-state index is 5.88. The highest BCUT2D eigenvalue weighted by Crippen LogP contribution is 2.24. The Morgan fingerprint density at radius 3 is 2.23 bits per heavy atom. The number of hydrogen-bond acceptors (Lipinski definition) is 5. The van der Waals surface area contributed by atoms with E-state index in [2.05, 4.69) is 22.2 Å². The fourth-order valence-electron chi connectivity index (χ4n) is 3.02. The number of aryl methyl sites for hydroxylation is 1. The molecule has 2 aromatic heterocycles. The van der Waals surface area contributed by atoms with Crippen molar-refractivity contribution in [3.63, 3.8) is 0 Å². The predicted octanol–water partition coefficient (Wildman–Crippen LogP) is 6.12. The first-order chi connectivity index (χ1) is 14.7. The minimum Gasteiger partial charge on any atom is -0.457 e. The highest BCUT2D eigenvalue weighted by molar-refractivity contribution is 7.17. The van der Waals surface area contributed by atoms with Crippen molar-refractivity contribution in [2.24, 2.45) is 0 Å². The summed E-state index contributed by atoms with van der Waals surface area (Å²) in [5, 5.41) is 14.0. The van der Waals surface area contributed by atoms with Crippen LogP contribution in [0.4, 0.5) is 0 Å². The lowest BCUT2D eigenvalue weighted by atomic mass is 10.2. The van der Waals surface area contributed by atoms with E-state index in [4.69, 9.17) is 4.74 Å². The Hall–Kier alpha value is -3.77. The van der Waals surface area contributed by atoms with Crippen LogP contribution in [-0.4, -0.2) is 19.8 Å². The topological polar surface area (TPSA) is 52.3 Å². The number of aromatic nitrogens is 4. The van der Waals surface area contributed by atoms with Gasteiger partial charge in [0, 0.05) is 5.56 Å². The molecule has 5 aromatic rings. The second kappa shape index (κ2) is 7.93. The van der Waals surface area contributed by atoms with Gasteiger partial charge in [0.25, 0.3) is 0 Å². The first kappa shape index (κ1) is 18.3. The van der Waals surface area contributed by atoms with E-state index in [-0.39, 0.29) is 0 Å². The van der Waals surface area contributed by atoms with Crippen molar-refractivity contribution in [1.82, 2.24) is 19.8 Å². The molecule has 30 heavy (non-hydrogen) atoms. The molecule has 5 rings (SSSR count). The Labute approximate surface area is 177 Å². The molecule has 0 bridgehead atoms. The number of rotatable bonds is 5. The van der Waals surface area contributed by atoms with Gasteiger partial charge in [0.05, 0.1) is 0 Å². The maximum absolute atomic E-state index is 5.88. The van der Waals surface area contributed by atoms with Gasteiger partial charge in [-0.05, 0) is 42.8 Å². The molecule has 0 aliphatic rings. The van der Waals surface area contributed by atoms with Crippen molar-refractivity contribution in [1.29, 1.82) is 0 Å². The van der Waals surface area contributed by atoms with Crippen LogP contribution in [0.3, 0.4) is 0 Å². The molecule has 0 radical (unpaired) electrons. The molecule has 0 unspecified atom stereocenters. The molecule has 0 fully saturated rings. The summed E-state index contributed by atoms with van der Waals surface area (Å²) in [6.45, 7) is 2.06. The van der Waals surface area contributed by atoms with Crippen molar-refractivity contribution < 1.29 is 4.74 Å².